The summed E-state index contributed by atoms with van der Waals surface area (Å²) in [7, 11) is 1.63. The largest absolute Gasteiger partial charge is 0.497 e. The molecule has 0 radical (unpaired) electrons. The lowest BCUT2D eigenvalue weighted by Gasteiger charge is -2.08. The van der Waals surface area contributed by atoms with Gasteiger partial charge in [-0.15, -0.1) is 0 Å². The van der Waals surface area contributed by atoms with Crippen molar-refractivity contribution in [2.45, 2.75) is 6.42 Å². The van der Waals surface area contributed by atoms with Crippen LogP contribution in [0.25, 0.3) is 11.1 Å². The number of hydrogen-bond donors (Lipinski definition) is 0. The van der Waals surface area contributed by atoms with Gasteiger partial charge in [0.1, 0.15) is 5.75 Å². The molecule has 2 aromatic carbocycles. The van der Waals surface area contributed by atoms with Crippen molar-refractivity contribution in [2.24, 2.45) is 0 Å². The fourth-order valence-electron chi connectivity index (χ4n) is 1.88. The highest BCUT2D eigenvalue weighted by atomic mass is 35.5. The first-order chi connectivity index (χ1) is 8.70. The molecule has 0 saturated heterocycles. The number of ether oxygens (including phenoxy) is 1. The Morgan fingerprint density at radius 3 is 2.39 bits per heavy atom. The monoisotopic (exact) mass is 260 g/mol. The predicted molar refractivity (Wildman–Crippen MR) is 73.0 cm³/mol. The third-order valence-corrected chi connectivity index (χ3v) is 2.88. The minimum atomic E-state index is -0.351. The van der Waals surface area contributed by atoms with Gasteiger partial charge in [-0.25, -0.2) is 0 Å². The van der Waals surface area contributed by atoms with Crippen LogP contribution < -0.4 is 4.74 Å². The number of hydrogen-bond acceptors (Lipinski definition) is 2. The third-order valence-electron chi connectivity index (χ3n) is 2.75. The molecular formula is C15H13ClO2. The number of carbonyl (C=O) groups excluding carboxylic acids is 1. The third kappa shape index (κ3) is 2.90. The second kappa shape index (κ2) is 5.69. The molecule has 0 unspecified atom stereocenters. The summed E-state index contributed by atoms with van der Waals surface area (Å²) in [6.45, 7) is 0. The molecule has 0 heterocycles. The van der Waals surface area contributed by atoms with Crippen LogP contribution in [-0.4, -0.2) is 12.4 Å². The summed E-state index contributed by atoms with van der Waals surface area (Å²) < 4.78 is 5.12. The molecule has 0 aliphatic rings. The molecule has 92 valence electrons. The summed E-state index contributed by atoms with van der Waals surface area (Å²) >= 11 is 5.46. The number of benzene rings is 2. The summed E-state index contributed by atoms with van der Waals surface area (Å²) in [5.41, 5.74) is 3.00. The van der Waals surface area contributed by atoms with Gasteiger partial charge in [-0.3, -0.25) is 4.79 Å². The summed E-state index contributed by atoms with van der Waals surface area (Å²) in [4.78, 5) is 11.0. The van der Waals surface area contributed by atoms with Gasteiger partial charge in [0.2, 0.25) is 5.24 Å². The fourth-order valence-corrected chi connectivity index (χ4v) is 2.02. The minimum absolute atomic E-state index is 0.240. The molecule has 0 atom stereocenters. The average molecular weight is 261 g/mol. The van der Waals surface area contributed by atoms with E-state index in [1.165, 1.54) is 0 Å². The predicted octanol–water partition coefficient (Wildman–Crippen LogP) is 3.67. The van der Waals surface area contributed by atoms with Gasteiger partial charge >= 0.3 is 0 Å². The van der Waals surface area contributed by atoms with E-state index in [0.29, 0.717) is 0 Å². The van der Waals surface area contributed by atoms with E-state index in [9.17, 15) is 4.79 Å². The first-order valence-corrected chi connectivity index (χ1v) is 5.99. The second-order valence-corrected chi connectivity index (χ2v) is 4.34. The normalized spacial score (nSPS) is 10.1. The molecular weight excluding hydrogens is 248 g/mol. The van der Waals surface area contributed by atoms with E-state index >= 15 is 0 Å². The Hall–Kier alpha value is -1.80. The lowest BCUT2D eigenvalue weighted by Crippen LogP contribution is -1.96. The van der Waals surface area contributed by atoms with Crippen molar-refractivity contribution in [3.05, 3.63) is 54.1 Å². The Morgan fingerprint density at radius 2 is 1.78 bits per heavy atom. The van der Waals surface area contributed by atoms with Crippen LogP contribution in [0.1, 0.15) is 5.56 Å². The number of carbonyl (C=O) groups is 1. The molecule has 0 aliphatic heterocycles. The van der Waals surface area contributed by atoms with Gasteiger partial charge in [0, 0.05) is 6.42 Å². The van der Waals surface area contributed by atoms with Crippen LogP contribution in [0.2, 0.25) is 0 Å². The van der Waals surface area contributed by atoms with Gasteiger partial charge in [0.25, 0.3) is 0 Å². The van der Waals surface area contributed by atoms with Crippen molar-refractivity contribution in [2.75, 3.05) is 7.11 Å². The quantitative estimate of drug-likeness (QED) is 0.784. The van der Waals surface area contributed by atoms with E-state index in [0.717, 1.165) is 22.4 Å². The van der Waals surface area contributed by atoms with Crippen molar-refractivity contribution in [3.63, 3.8) is 0 Å². The molecule has 3 heteroatoms. The molecule has 0 amide bonds. The van der Waals surface area contributed by atoms with Crippen LogP contribution in [0.15, 0.2) is 48.5 Å². The topological polar surface area (TPSA) is 26.3 Å². The van der Waals surface area contributed by atoms with E-state index in [4.69, 9.17) is 16.3 Å². The molecule has 0 bridgehead atoms. The Kier molecular flexibility index (Phi) is 4.00. The summed E-state index contributed by atoms with van der Waals surface area (Å²) in [6.07, 6.45) is 0.240. The maximum absolute atomic E-state index is 11.0. The van der Waals surface area contributed by atoms with Crippen LogP contribution in [-0.2, 0) is 11.2 Å². The van der Waals surface area contributed by atoms with E-state index < -0.39 is 0 Å². The molecule has 0 N–H and O–H groups in total. The standard InChI is InChI=1S/C15H13ClO2/c1-18-13-8-6-11(7-9-13)14-5-3-2-4-12(14)10-15(16)17/h2-9H,10H2,1H3. The lowest BCUT2D eigenvalue weighted by molar-refractivity contribution is -0.111. The molecule has 0 fully saturated rings. The molecule has 2 nitrogen and oxygen atoms in total. The second-order valence-electron chi connectivity index (χ2n) is 3.92. The lowest BCUT2D eigenvalue weighted by atomic mass is 9.98. The highest BCUT2D eigenvalue weighted by molar-refractivity contribution is 6.63. The van der Waals surface area contributed by atoms with E-state index in [2.05, 4.69) is 0 Å². The van der Waals surface area contributed by atoms with Crippen molar-refractivity contribution in [1.29, 1.82) is 0 Å². The van der Waals surface area contributed by atoms with Crippen molar-refractivity contribution in [1.82, 2.24) is 0 Å². The smallest absolute Gasteiger partial charge is 0.226 e. The van der Waals surface area contributed by atoms with Crippen LogP contribution >= 0.6 is 11.6 Å². The summed E-state index contributed by atoms with van der Waals surface area (Å²) in [5, 5.41) is -0.351. The first-order valence-electron chi connectivity index (χ1n) is 5.61. The highest BCUT2D eigenvalue weighted by Crippen LogP contribution is 2.26. The van der Waals surface area contributed by atoms with Crippen LogP contribution in [0, 0.1) is 0 Å². The first kappa shape index (κ1) is 12.7. The van der Waals surface area contributed by atoms with E-state index in [1.54, 1.807) is 7.11 Å². The average Bonchev–Trinajstić information content (AvgIpc) is 2.39. The Balaban J connectivity index is 2.39. The number of halogens is 1. The molecule has 0 aliphatic carbocycles. The molecule has 0 aromatic heterocycles. The zero-order valence-corrected chi connectivity index (χ0v) is 10.8. The maximum atomic E-state index is 11.0. The molecule has 2 rings (SSSR count). The van der Waals surface area contributed by atoms with Gasteiger partial charge in [0.05, 0.1) is 7.11 Å². The van der Waals surface area contributed by atoms with E-state index in [1.807, 2.05) is 48.5 Å². The minimum Gasteiger partial charge on any atom is -0.497 e. The molecule has 0 saturated carbocycles. The number of rotatable bonds is 4. The van der Waals surface area contributed by atoms with Gasteiger partial charge in [0.15, 0.2) is 0 Å². The molecule has 0 spiro atoms. The van der Waals surface area contributed by atoms with Crippen molar-refractivity contribution in [3.8, 4) is 16.9 Å². The van der Waals surface area contributed by atoms with Gasteiger partial charge in [-0.05, 0) is 40.4 Å². The van der Waals surface area contributed by atoms with Crippen LogP contribution in [0.3, 0.4) is 0 Å². The Labute approximate surface area is 111 Å². The van der Waals surface area contributed by atoms with Gasteiger partial charge in [-0.1, -0.05) is 36.4 Å². The number of methoxy groups -OCH3 is 1. The summed E-state index contributed by atoms with van der Waals surface area (Å²) in [5.74, 6) is 0.810. The fraction of sp³-hybridized carbons (Fsp3) is 0.133. The maximum Gasteiger partial charge on any atom is 0.226 e. The van der Waals surface area contributed by atoms with Crippen LogP contribution in [0.5, 0.6) is 5.75 Å². The van der Waals surface area contributed by atoms with Crippen LogP contribution in [0.4, 0.5) is 0 Å². The SMILES string of the molecule is COc1ccc(-c2ccccc2CC(=O)Cl)cc1. The van der Waals surface area contributed by atoms with Gasteiger partial charge in [-0.2, -0.15) is 0 Å². The van der Waals surface area contributed by atoms with Crippen molar-refractivity contribution < 1.29 is 9.53 Å². The molecule has 18 heavy (non-hydrogen) atoms. The Morgan fingerprint density at radius 1 is 1.11 bits per heavy atom. The summed E-state index contributed by atoms with van der Waals surface area (Å²) in [6, 6.07) is 15.5. The Bertz CT molecular complexity index is 547. The van der Waals surface area contributed by atoms with Gasteiger partial charge < -0.3 is 4.74 Å². The zero-order valence-electron chi connectivity index (χ0n) is 10.0. The zero-order chi connectivity index (χ0) is 13.0. The highest BCUT2D eigenvalue weighted by Gasteiger charge is 2.07. The van der Waals surface area contributed by atoms with E-state index in [-0.39, 0.29) is 11.7 Å². The van der Waals surface area contributed by atoms with Crippen molar-refractivity contribution >= 4 is 16.8 Å². The molecule has 2 aromatic rings.